The lowest BCUT2D eigenvalue weighted by Crippen LogP contribution is -2.49. The van der Waals surface area contributed by atoms with Crippen LogP contribution in [-0.2, 0) is 0 Å². The summed E-state index contributed by atoms with van der Waals surface area (Å²) in [6.45, 7) is 4.41. The fraction of sp³-hybridized carbons (Fsp3) is 0.562. The number of amides is 1. The molecule has 1 aromatic rings. The van der Waals surface area contributed by atoms with Gasteiger partial charge in [-0.15, -0.1) is 0 Å². The van der Waals surface area contributed by atoms with E-state index >= 15 is 0 Å². The first-order valence-electron chi connectivity index (χ1n) is 7.32. The Morgan fingerprint density at radius 2 is 1.68 bits per heavy atom. The van der Waals surface area contributed by atoms with Gasteiger partial charge in [0.15, 0.2) is 11.5 Å². The van der Waals surface area contributed by atoms with Crippen LogP contribution in [0.5, 0.6) is 17.2 Å². The summed E-state index contributed by atoms with van der Waals surface area (Å²) < 4.78 is 15.8. The van der Waals surface area contributed by atoms with Crippen molar-refractivity contribution in [3.8, 4) is 17.2 Å². The molecule has 0 bridgehead atoms. The van der Waals surface area contributed by atoms with Gasteiger partial charge in [-0.3, -0.25) is 4.79 Å². The number of hydrogen-bond acceptors (Lipinski definition) is 5. The Morgan fingerprint density at radius 1 is 1.09 bits per heavy atom. The van der Waals surface area contributed by atoms with Crippen LogP contribution in [0.4, 0.5) is 0 Å². The fourth-order valence-corrected chi connectivity index (χ4v) is 2.13. The molecule has 0 saturated heterocycles. The molecule has 0 atom stereocenters. The average molecular weight is 310 g/mol. The van der Waals surface area contributed by atoms with Crippen LogP contribution in [-0.4, -0.2) is 39.3 Å². The SMILES string of the molecule is CCC(N)(CC)CNC(=O)c1ccc(OC)c(OC)c1OC. The topological polar surface area (TPSA) is 82.8 Å². The van der Waals surface area contributed by atoms with Crippen LogP contribution >= 0.6 is 0 Å². The molecular formula is C16H26N2O4. The normalized spacial score (nSPS) is 11.0. The minimum absolute atomic E-state index is 0.255. The van der Waals surface area contributed by atoms with Gasteiger partial charge in [0.25, 0.3) is 5.91 Å². The monoisotopic (exact) mass is 310 g/mol. The third kappa shape index (κ3) is 3.82. The summed E-state index contributed by atoms with van der Waals surface area (Å²) in [5.74, 6) is 0.985. The summed E-state index contributed by atoms with van der Waals surface area (Å²) in [7, 11) is 4.52. The van der Waals surface area contributed by atoms with Crippen molar-refractivity contribution in [1.82, 2.24) is 5.32 Å². The van der Waals surface area contributed by atoms with E-state index in [-0.39, 0.29) is 5.91 Å². The second-order valence-electron chi connectivity index (χ2n) is 5.13. The van der Waals surface area contributed by atoms with Crippen molar-refractivity contribution in [2.45, 2.75) is 32.2 Å². The predicted octanol–water partition coefficient (Wildman–Crippen LogP) is 1.96. The van der Waals surface area contributed by atoms with Gasteiger partial charge in [0.05, 0.1) is 26.9 Å². The van der Waals surface area contributed by atoms with Gasteiger partial charge in [-0.05, 0) is 25.0 Å². The first-order valence-corrected chi connectivity index (χ1v) is 7.32. The Balaban J connectivity index is 3.03. The highest BCUT2D eigenvalue weighted by Crippen LogP contribution is 2.39. The number of nitrogens with one attached hydrogen (secondary N) is 1. The third-order valence-corrected chi connectivity index (χ3v) is 3.96. The van der Waals surface area contributed by atoms with E-state index in [1.807, 2.05) is 13.8 Å². The lowest BCUT2D eigenvalue weighted by atomic mass is 9.94. The summed E-state index contributed by atoms with van der Waals surface area (Å²) in [5, 5.41) is 2.86. The van der Waals surface area contributed by atoms with Crippen molar-refractivity contribution in [3.63, 3.8) is 0 Å². The van der Waals surface area contributed by atoms with E-state index in [1.165, 1.54) is 21.3 Å². The van der Waals surface area contributed by atoms with Crippen molar-refractivity contribution in [2.24, 2.45) is 5.73 Å². The van der Waals surface area contributed by atoms with Crippen LogP contribution in [0, 0.1) is 0 Å². The molecule has 0 spiro atoms. The third-order valence-electron chi connectivity index (χ3n) is 3.96. The predicted molar refractivity (Wildman–Crippen MR) is 85.9 cm³/mol. The van der Waals surface area contributed by atoms with Crippen LogP contribution in [0.25, 0.3) is 0 Å². The minimum atomic E-state index is -0.403. The first kappa shape index (κ1) is 18.1. The Bertz CT molecular complexity index is 513. The van der Waals surface area contributed by atoms with Crippen molar-refractivity contribution in [3.05, 3.63) is 17.7 Å². The molecule has 6 heteroatoms. The molecule has 22 heavy (non-hydrogen) atoms. The molecule has 0 aliphatic heterocycles. The number of ether oxygens (including phenoxy) is 3. The number of rotatable bonds is 8. The lowest BCUT2D eigenvalue weighted by molar-refractivity contribution is 0.0938. The summed E-state index contributed by atoms with van der Waals surface area (Å²) in [5.41, 5.74) is 6.19. The van der Waals surface area contributed by atoms with E-state index in [9.17, 15) is 4.79 Å². The number of nitrogens with two attached hydrogens (primary N) is 1. The van der Waals surface area contributed by atoms with E-state index in [0.717, 1.165) is 12.8 Å². The van der Waals surface area contributed by atoms with Crippen LogP contribution in [0.2, 0.25) is 0 Å². The molecule has 0 radical (unpaired) electrons. The molecule has 1 aromatic carbocycles. The molecule has 1 amide bonds. The molecule has 0 aromatic heterocycles. The highest BCUT2D eigenvalue weighted by Gasteiger charge is 2.24. The highest BCUT2D eigenvalue weighted by atomic mass is 16.5. The molecule has 0 fully saturated rings. The zero-order chi connectivity index (χ0) is 16.8. The number of hydrogen-bond donors (Lipinski definition) is 2. The Kier molecular flexibility index (Phi) is 6.49. The minimum Gasteiger partial charge on any atom is -0.493 e. The summed E-state index contributed by atoms with van der Waals surface area (Å²) in [6.07, 6.45) is 1.57. The maximum Gasteiger partial charge on any atom is 0.255 e. The van der Waals surface area contributed by atoms with Gasteiger partial charge < -0.3 is 25.3 Å². The summed E-state index contributed by atoms with van der Waals surface area (Å²) in [4.78, 5) is 12.4. The van der Waals surface area contributed by atoms with Crippen molar-refractivity contribution in [2.75, 3.05) is 27.9 Å². The zero-order valence-electron chi connectivity index (χ0n) is 14.0. The average Bonchev–Trinajstić information content (AvgIpc) is 2.57. The molecule has 0 unspecified atom stereocenters. The highest BCUT2D eigenvalue weighted by molar-refractivity contribution is 5.98. The van der Waals surface area contributed by atoms with Gasteiger partial charge in [-0.2, -0.15) is 0 Å². The van der Waals surface area contributed by atoms with Gasteiger partial charge in [-0.25, -0.2) is 0 Å². The van der Waals surface area contributed by atoms with E-state index in [0.29, 0.717) is 29.4 Å². The van der Waals surface area contributed by atoms with Crippen LogP contribution in [0.1, 0.15) is 37.0 Å². The molecule has 0 heterocycles. The van der Waals surface area contributed by atoms with Crippen LogP contribution < -0.4 is 25.3 Å². The molecular weight excluding hydrogens is 284 g/mol. The summed E-state index contributed by atoms with van der Waals surface area (Å²) >= 11 is 0. The Labute approximate surface area is 131 Å². The maximum absolute atomic E-state index is 12.4. The number of methoxy groups -OCH3 is 3. The van der Waals surface area contributed by atoms with Gasteiger partial charge in [0.1, 0.15) is 0 Å². The molecule has 0 aliphatic carbocycles. The van der Waals surface area contributed by atoms with Crippen LogP contribution in [0.3, 0.4) is 0 Å². The van der Waals surface area contributed by atoms with Gasteiger partial charge in [0, 0.05) is 12.1 Å². The van der Waals surface area contributed by atoms with E-state index in [1.54, 1.807) is 12.1 Å². The van der Waals surface area contributed by atoms with Crippen molar-refractivity contribution >= 4 is 5.91 Å². The molecule has 1 rings (SSSR count). The quantitative estimate of drug-likeness (QED) is 0.767. The van der Waals surface area contributed by atoms with Gasteiger partial charge >= 0.3 is 0 Å². The molecule has 6 nitrogen and oxygen atoms in total. The van der Waals surface area contributed by atoms with E-state index in [4.69, 9.17) is 19.9 Å². The second-order valence-corrected chi connectivity index (χ2v) is 5.13. The van der Waals surface area contributed by atoms with Crippen molar-refractivity contribution < 1.29 is 19.0 Å². The Morgan fingerprint density at radius 3 is 2.14 bits per heavy atom. The van der Waals surface area contributed by atoms with E-state index < -0.39 is 5.54 Å². The molecule has 0 aliphatic rings. The van der Waals surface area contributed by atoms with Gasteiger partial charge in [0.2, 0.25) is 5.75 Å². The number of benzene rings is 1. The summed E-state index contributed by atoms with van der Waals surface area (Å²) in [6, 6.07) is 3.32. The van der Waals surface area contributed by atoms with E-state index in [2.05, 4.69) is 5.32 Å². The lowest BCUT2D eigenvalue weighted by Gasteiger charge is -2.27. The zero-order valence-corrected chi connectivity index (χ0v) is 14.0. The number of carbonyl (C=O) groups excluding carboxylic acids is 1. The molecule has 124 valence electrons. The smallest absolute Gasteiger partial charge is 0.255 e. The number of carbonyl (C=O) groups is 1. The standard InChI is InChI=1S/C16H26N2O4/c1-6-16(17,7-2)10-18-15(19)11-8-9-12(20-3)14(22-5)13(11)21-4/h8-9H,6-7,10,17H2,1-5H3,(H,18,19). The molecule has 0 saturated carbocycles. The fourth-order valence-electron chi connectivity index (χ4n) is 2.13. The molecule has 3 N–H and O–H groups in total. The van der Waals surface area contributed by atoms with Crippen LogP contribution in [0.15, 0.2) is 12.1 Å². The van der Waals surface area contributed by atoms with Crippen molar-refractivity contribution in [1.29, 1.82) is 0 Å². The first-order chi connectivity index (χ1) is 10.5. The van der Waals surface area contributed by atoms with Gasteiger partial charge in [-0.1, -0.05) is 13.8 Å². The largest absolute Gasteiger partial charge is 0.493 e. The second kappa shape index (κ2) is 7.89. The Hall–Kier alpha value is -1.95. The maximum atomic E-state index is 12.4.